The third kappa shape index (κ3) is 7.38. The summed E-state index contributed by atoms with van der Waals surface area (Å²) in [7, 11) is 0. The van der Waals surface area contributed by atoms with Crippen LogP contribution in [0.4, 0.5) is 4.79 Å². The molecule has 1 aliphatic heterocycles. The summed E-state index contributed by atoms with van der Waals surface area (Å²) in [6, 6.07) is 11.3. The molecule has 9 nitrogen and oxygen atoms in total. The van der Waals surface area contributed by atoms with E-state index < -0.39 is 35.3 Å². The van der Waals surface area contributed by atoms with Gasteiger partial charge in [0, 0.05) is 24.4 Å². The molecular formula is C28H36N4O5. The smallest absolute Gasteiger partial charge is 0.408 e. The molecule has 1 fully saturated rings. The quantitative estimate of drug-likeness (QED) is 0.473. The lowest BCUT2D eigenvalue weighted by molar-refractivity contribution is -0.139. The summed E-state index contributed by atoms with van der Waals surface area (Å²) in [5.41, 5.74) is 0.833. The van der Waals surface area contributed by atoms with Crippen molar-refractivity contribution in [2.24, 2.45) is 5.41 Å². The van der Waals surface area contributed by atoms with E-state index in [1.54, 1.807) is 30.2 Å². The summed E-state index contributed by atoms with van der Waals surface area (Å²) in [5.74, 6) is -1.66. The summed E-state index contributed by atoms with van der Waals surface area (Å²) in [6.45, 7) is 8.21. The maximum absolute atomic E-state index is 13.0. The fourth-order valence-electron chi connectivity index (χ4n) is 4.36. The number of rotatable bonds is 10. The highest BCUT2D eigenvalue weighted by Crippen LogP contribution is 2.33. The molecule has 3 atom stereocenters. The summed E-state index contributed by atoms with van der Waals surface area (Å²) >= 11 is 0. The molecule has 0 radical (unpaired) electrons. The molecule has 0 bridgehead atoms. The van der Waals surface area contributed by atoms with Gasteiger partial charge >= 0.3 is 6.09 Å². The van der Waals surface area contributed by atoms with Gasteiger partial charge < -0.3 is 20.3 Å². The molecule has 198 valence electrons. The average Bonchev–Trinajstić information content (AvgIpc) is 3.19. The van der Waals surface area contributed by atoms with Crippen molar-refractivity contribution in [1.29, 1.82) is 0 Å². The van der Waals surface area contributed by atoms with Crippen LogP contribution >= 0.6 is 0 Å². The van der Waals surface area contributed by atoms with Crippen molar-refractivity contribution < 1.29 is 23.9 Å². The monoisotopic (exact) mass is 508 g/mol. The molecule has 9 heteroatoms. The molecule has 0 saturated carbocycles. The van der Waals surface area contributed by atoms with Crippen LogP contribution in [0, 0.1) is 5.41 Å². The third-order valence-electron chi connectivity index (χ3n) is 6.63. The Labute approximate surface area is 218 Å². The zero-order chi connectivity index (χ0) is 27.0. The van der Waals surface area contributed by atoms with Gasteiger partial charge in [-0.3, -0.25) is 19.4 Å². The van der Waals surface area contributed by atoms with Gasteiger partial charge in [0.05, 0.1) is 18.2 Å². The largest absolute Gasteiger partial charge is 0.444 e. The fraction of sp³-hybridized carbons (Fsp3) is 0.464. The van der Waals surface area contributed by atoms with Crippen molar-refractivity contribution in [3.63, 3.8) is 0 Å². The maximum atomic E-state index is 13.0. The Morgan fingerprint density at radius 2 is 1.84 bits per heavy atom. The Balaban J connectivity index is 1.61. The van der Waals surface area contributed by atoms with E-state index in [-0.39, 0.29) is 18.5 Å². The first-order chi connectivity index (χ1) is 17.6. The molecular weight excluding hydrogens is 472 g/mol. The number of ether oxygens (including phenoxy) is 1. The van der Waals surface area contributed by atoms with Crippen molar-refractivity contribution in [3.8, 4) is 0 Å². The molecule has 1 saturated heterocycles. The number of ketones is 1. The Morgan fingerprint density at radius 3 is 2.49 bits per heavy atom. The van der Waals surface area contributed by atoms with E-state index in [4.69, 9.17) is 4.74 Å². The van der Waals surface area contributed by atoms with Crippen molar-refractivity contribution in [2.45, 2.75) is 65.1 Å². The number of carbonyl (C=O) groups excluding carboxylic acids is 4. The fourth-order valence-corrected chi connectivity index (χ4v) is 4.36. The highest BCUT2D eigenvalue weighted by atomic mass is 16.6. The second-order valence-corrected chi connectivity index (χ2v) is 10.1. The van der Waals surface area contributed by atoms with Gasteiger partial charge in [-0.05, 0) is 31.0 Å². The molecule has 2 aromatic rings. The minimum Gasteiger partial charge on any atom is -0.444 e. The Morgan fingerprint density at radius 1 is 1.11 bits per heavy atom. The number of alkyl carbamates (subject to hydrolysis) is 1. The highest BCUT2D eigenvalue weighted by Gasteiger charge is 2.44. The number of hydrogen-bond acceptors (Lipinski definition) is 6. The predicted molar refractivity (Wildman–Crippen MR) is 139 cm³/mol. The SMILES string of the molecule is CCCC[C@H](NC(=O)O[C@@H]1CN(C(=O)c2cccnc2)CC1(C)C)C(=O)C(=O)N[C@H](C)c1ccccc1. The molecule has 0 spiro atoms. The van der Waals surface area contributed by atoms with Crippen molar-refractivity contribution in [2.75, 3.05) is 13.1 Å². The number of nitrogens with zero attached hydrogens (tertiary/aromatic N) is 2. The van der Waals surface area contributed by atoms with Crippen LogP contribution in [0.15, 0.2) is 54.9 Å². The molecule has 2 N–H and O–H groups in total. The second-order valence-electron chi connectivity index (χ2n) is 10.1. The molecule has 2 heterocycles. The van der Waals surface area contributed by atoms with E-state index in [1.807, 2.05) is 51.1 Å². The number of pyridine rings is 1. The third-order valence-corrected chi connectivity index (χ3v) is 6.63. The van der Waals surface area contributed by atoms with Gasteiger partial charge in [0.25, 0.3) is 11.8 Å². The van der Waals surface area contributed by atoms with Gasteiger partial charge in [-0.15, -0.1) is 0 Å². The number of amides is 3. The van der Waals surface area contributed by atoms with E-state index in [9.17, 15) is 19.2 Å². The van der Waals surface area contributed by atoms with Crippen LogP contribution in [-0.4, -0.2) is 58.8 Å². The molecule has 1 aliphatic rings. The van der Waals surface area contributed by atoms with Crippen LogP contribution in [0.3, 0.4) is 0 Å². The van der Waals surface area contributed by atoms with Crippen LogP contribution in [0.1, 0.15) is 68.9 Å². The maximum Gasteiger partial charge on any atom is 0.408 e. The summed E-state index contributed by atoms with van der Waals surface area (Å²) in [4.78, 5) is 57.0. The van der Waals surface area contributed by atoms with Crippen LogP contribution < -0.4 is 10.6 Å². The lowest BCUT2D eigenvalue weighted by atomic mass is 9.90. The van der Waals surface area contributed by atoms with E-state index in [2.05, 4.69) is 15.6 Å². The molecule has 1 aromatic carbocycles. The molecule has 3 amide bonds. The van der Waals surface area contributed by atoms with Gasteiger partial charge in [0.15, 0.2) is 0 Å². The lowest BCUT2D eigenvalue weighted by Gasteiger charge is -2.26. The number of nitrogens with one attached hydrogen (secondary N) is 2. The summed E-state index contributed by atoms with van der Waals surface area (Å²) < 4.78 is 5.69. The molecule has 1 aromatic heterocycles. The van der Waals surface area contributed by atoms with Gasteiger partial charge in [-0.25, -0.2) is 4.79 Å². The highest BCUT2D eigenvalue weighted by molar-refractivity contribution is 6.38. The lowest BCUT2D eigenvalue weighted by Crippen LogP contribution is -2.49. The normalized spacial score (nSPS) is 17.9. The minimum atomic E-state index is -1.01. The van der Waals surface area contributed by atoms with Crippen LogP contribution in [0.25, 0.3) is 0 Å². The Hall–Kier alpha value is -3.75. The van der Waals surface area contributed by atoms with Crippen molar-refractivity contribution >= 4 is 23.7 Å². The number of benzene rings is 1. The van der Waals surface area contributed by atoms with Crippen molar-refractivity contribution in [1.82, 2.24) is 20.5 Å². The molecule has 37 heavy (non-hydrogen) atoms. The van der Waals surface area contributed by atoms with Crippen molar-refractivity contribution in [3.05, 3.63) is 66.0 Å². The summed E-state index contributed by atoms with van der Waals surface area (Å²) in [6.07, 6.45) is 3.50. The number of unbranched alkanes of at least 4 members (excludes halogenated alkanes) is 1. The molecule has 0 unspecified atom stereocenters. The van der Waals surface area contributed by atoms with E-state index in [0.29, 0.717) is 24.9 Å². The zero-order valence-corrected chi connectivity index (χ0v) is 21.9. The predicted octanol–water partition coefficient (Wildman–Crippen LogP) is 3.66. The van der Waals surface area contributed by atoms with Gasteiger partial charge in [0.2, 0.25) is 5.78 Å². The Bertz CT molecular complexity index is 1090. The van der Waals surface area contributed by atoms with E-state index in [1.165, 1.54) is 6.20 Å². The number of carbonyl (C=O) groups is 4. The number of aromatic nitrogens is 1. The summed E-state index contributed by atoms with van der Waals surface area (Å²) in [5, 5.41) is 5.32. The first-order valence-electron chi connectivity index (χ1n) is 12.7. The molecule has 3 rings (SSSR count). The number of hydrogen-bond donors (Lipinski definition) is 2. The van der Waals surface area contributed by atoms with E-state index in [0.717, 1.165) is 12.0 Å². The van der Waals surface area contributed by atoms with Crippen LogP contribution in [0.2, 0.25) is 0 Å². The second kappa shape index (κ2) is 12.5. The average molecular weight is 509 g/mol. The van der Waals surface area contributed by atoms with E-state index >= 15 is 0 Å². The van der Waals surface area contributed by atoms with Gasteiger partial charge in [0.1, 0.15) is 12.1 Å². The first kappa shape index (κ1) is 27.8. The standard InChI is InChI=1S/C28H36N4O5/c1-5-6-14-22(24(33)25(34)30-19(2)20-11-8-7-9-12-20)31-27(36)37-23-17-32(18-28(23,3)4)26(35)21-13-10-15-29-16-21/h7-13,15-16,19,22-23H,5-6,14,17-18H2,1-4H3,(H,30,34)(H,31,36)/t19-,22+,23-/m1/s1. The first-order valence-corrected chi connectivity index (χ1v) is 12.7. The Kier molecular flexibility index (Phi) is 9.38. The number of likely N-dealkylation sites (tertiary alicyclic amines) is 1. The van der Waals surface area contributed by atoms with Gasteiger partial charge in [-0.1, -0.05) is 63.9 Å². The van der Waals surface area contributed by atoms with Crippen LogP contribution in [0.5, 0.6) is 0 Å². The molecule has 0 aliphatic carbocycles. The topological polar surface area (TPSA) is 118 Å². The van der Waals surface area contributed by atoms with Gasteiger partial charge in [-0.2, -0.15) is 0 Å². The minimum absolute atomic E-state index is 0.187. The number of Topliss-reactive ketones (excluding diaryl/α,β-unsaturated/α-hetero) is 1. The van der Waals surface area contributed by atoms with Crippen LogP contribution in [-0.2, 0) is 14.3 Å². The zero-order valence-electron chi connectivity index (χ0n) is 21.9.